The van der Waals surface area contributed by atoms with Gasteiger partial charge in [-0.25, -0.2) is 13.8 Å². The zero-order valence-corrected chi connectivity index (χ0v) is 9.24. The van der Waals surface area contributed by atoms with Gasteiger partial charge in [0.15, 0.2) is 11.2 Å². The highest BCUT2D eigenvalue weighted by Crippen LogP contribution is 2.13. The van der Waals surface area contributed by atoms with Crippen LogP contribution in [-0.4, -0.2) is 15.1 Å². The van der Waals surface area contributed by atoms with Gasteiger partial charge in [-0.2, -0.15) is 10.1 Å². The van der Waals surface area contributed by atoms with E-state index in [1.165, 1.54) is 12.3 Å². The van der Waals surface area contributed by atoms with E-state index >= 15 is 0 Å². The van der Waals surface area contributed by atoms with Crippen molar-refractivity contribution in [2.45, 2.75) is 6.43 Å². The zero-order valence-electron chi connectivity index (χ0n) is 7.65. The third-order valence-electron chi connectivity index (χ3n) is 1.76. The lowest BCUT2D eigenvalue weighted by atomic mass is 10.4. The van der Waals surface area contributed by atoms with E-state index < -0.39 is 18.1 Å². The van der Waals surface area contributed by atoms with Crippen molar-refractivity contribution in [1.82, 2.24) is 15.4 Å². The summed E-state index contributed by atoms with van der Waals surface area (Å²) >= 11 is 3.15. The zero-order chi connectivity index (χ0) is 11.7. The van der Waals surface area contributed by atoms with E-state index in [-0.39, 0.29) is 10.7 Å². The molecule has 84 valence electrons. The van der Waals surface area contributed by atoms with Crippen LogP contribution >= 0.6 is 15.9 Å². The van der Waals surface area contributed by atoms with E-state index in [2.05, 4.69) is 36.4 Å². The molecule has 5 nitrogen and oxygen atoms in total. The van der Waals surface area contributed by atoms with Gasteiger partial charge >= 0.3 is 0 Å². The molecule has 0 aromatic carbocycles. The van der Waals surface area contributed by atoms with Crippen molar-refractivity contribution in [1.29, 1.82) is 0 Å². The molecule has 2 rings (SSSR count). The maximum Gasteiger partial charge on any atom is 0.297 e. The standard InChI is InChI=1S/C8H5BrF2N4O/c9-3-1-4-5(15-12-2-3)8(16)14-7(13-4)6(10)11/h1-2,6,12H,(H,13,14,16). The van der Waals surface area contributed by atoms with Gasteiger partial charge in [0.2, 0.25) is 5.88 Å². The summed E-state index contributed by atoms with van der Waals surface area (Å²) in [6.07, 6.45) is 0.0820. The van der Waals surface area contributed by atoms with E-state index in [0.717, 1.165) is 0 Å². The van der Waals surface area contributed by atoms with Gasteiger partial charge in [0.25, 0.3) is 6.43 Å². The Labute approximate surface area is 96.4 Å². The lowest BCUT2D eigenvalue weighted by molar-refractivity contribution is 0.138. The Bertz CT molecular complexity index is 572. The summed E-state index contributed by atoms with van der Waals surface area (Å²) in [6, 6.07) is 0. The Morgan fingerprint density at radius 3 is 2.81 bits per heavy atom. The number of halogens is 3. The number of rotatable bonds is 1. The first-order valence-corrected chi connectivity index (χ1v) is 4.93. The van der Waals surface area contributed by atoms with E-state index in [1.807, 2.05) is 0 Å². The highest BCUT2D eigenvalue weighted by atomic mass is 79.9. The van der Waals surface area contributed by atoms with Crippen molar-refractivity contribution in [3.05, 3.63) is 27.2 Å². The number of allylic oxidation sites excluding steroid dienone is 1. The maximum atomic E-state index is 12.4. The van der Waals surface area contributed by atoms with Gasteiger partial charge in [-0.05, 0) is 22.0 Å². The third kappa shape index (κ3) is 2.01. The molecular formula is C8H5BrF2N4O. The second kappa shape index (κ2) is 4.12. The number of hydrogen-bond acceptors (Lipinski definition) is 5. The molecule has 1 aromatic heterocycles. The molecule has 0 radical (unpaired) electrons. The summed E-state index contributed by atoms with van der Waals surface area (Å²) in [6.45, 7) is 0. The predicted molar refractivity (Wildman–Crippen MR) is 54.0 cm³/mol. The first kappa shape index (κ1) is 10.9. The van der Waals surface area contributed by atoms with Crippen LogP contribution in [0.25, 0.3) is 6.08 Å². The number of fused-ring (bicyclic) bond motifs is 1. The minimum Gasteiger partial charge on any atom is -0.492 e. The Morgan fingerprint density at radius 1 is 1.38 bits per heavy atom. The molecule has 0 bridgehead atoms. The summed E-state index contributed by atoms with van der Waals surface area (Å²) in [4.78, 5) is 6.86. The van der Waals surface area contributed by atoms with E-state index in [4.69, 9.17) is 0 Å². The van der Waals surface area contributed by atoms with Crippen molar-refractivity contribution < 1.29 is 13.9 Å². The molecule has 0 fully saturated rings. The maximum absolute atomic E-state index is 12.4. The molecule has 0 saturated heterocycles. The minimum absolute atomic E-state index is 0.0232. The second-order valence-electron chi connectivity index (χ2n) is 2.85. The molecule has 1 aliphatic rings. The molecule has 8 heteroatoms. The molecular weight excluding hydrogens is 286 g/mol. The molecule has 2 heterocycles. The van der Waals surface area contributed by atoms with Gasteiger partial charge in [-0.15, -0.1) is 0 Å². The Kier molecular flexibility index (Phi) is 2.82. The van der Waals surface area contributed by atoms with Crippen LogP contribution in [0.15, 0.2) is 15.8 Å². The fraction of sp³-hybridized carbons (Fsp3) is 0.125. The van der Waals surface area contributed by atoms with Crippen molar-refractivity contribution in [2.75, 3.05) is 0 Å². The summed E-state index contributed by atoms with van der Waals surface area (Å²) < 4.78 is 25.3. The minimum atomic E-state index is -2.84. The van der Waals surface area contributed by atoms with Crippen LogP contribution in [0.4, 0.5) is 8.78 Å². The number of alkyl halides is 2. The predicted octanol–water partition coefficient (Wildman–Crippen LogP) is 0.274. The molecule has 0 unspecified atom stereocenters. The van der Waals surface area contributed by atoms with Crippen molar-refractivity contribution in [3.8, 4) is 5.88 Å². The van der Waals surface area contributed by atoms with Crippen LogP contribution < -0.4 is 16.1 Å². The summed E-state index contributed by atoms with van der Waals surface area (Å²) in [7, 11) is 0. The smallest absolute Gasteiger partial charge is 0.297 e. The molecule has 0 saturated carbocycles. The summed E-state index contributed by atoms with van der Waals surface area (Å²) in [5.41, 5.74) is 2.50. The molecule has 0 amide bonds. The number of nitrogens with zero attached hydrogens (tertiary/aromatic N) is 3. The average molecular weight is 291 g/mol. The molecule has 1 aromatic rings. The topological polar surface area (TPSA) is 70.4 Å². The SMILES string of the molecule is Oc1nc(C(F)F)nc2c1=NNC=C(Br)C=2. The number of nitrogens with one attached hydrogen (secondary N) is 1. The highest BCUT2D eigenvalue weighted by molar-refractivity contribution is 9.12. The van der Waals surface area contributed by atoms with Gasteiger partial charge in [0, 0.05) is 10.7 Å². The van der Waals surface area contributed by atoms with Crippen LogP contribution in [0, 0.1) is 0 Å². The van der Waals surface area contributed by atoms with Crippen LogP contribution in [0.3, 0.4) is 0 Å². The Hall–Kier alpha value is -1.57. The van der Waals surface area contributed by atoms with Gasteiger partial charge in [-0.1, -0.05) is 0 Å². The normalized spacial score (nSPS) is 14.1. The fourth-order valence-corrected chi connectivity index (χ4v) is 1.43. The second-order valence-corrected chi connectivity index (χ2v) is 3.77. The lowest BCUT2D eigenvalue weighted by Crippen LogP contribution is -2.32. The van der Waals surface area contributed by atoms with Crippen LogP contribution in [0.1, 0.15) is 12.2 Å². The first-order valence-electron chi connectivity index (χ1n) is 4.13. The Balaban J connectivity index is 2.75. The molecule has 0 atom stereocenters. The number of aromatic nitrogens is 2. The van der Waals surface area contributed by atoms with Crippen LogP contribution in [-0.2, 0) is 0 Å². The van der Waals surface area contributed by atoms with E-state index in [0.29, 0.717) is 4.48 Å². The van der Waals surface area contributed by atoms with Gasteiger partial charge in [0.05, 0.1) is 5.35 Å². The van der Waals surface area contributed by atoms with Gasteiger partial charge in [0.1, 0.15) is 0 Å². The average Bonchev–Trinajstić information content (AvgIpc) is 2.38. The van der Waals surface area contributed by atoms with Crippen LogP contribution in [0.2, 0.25) is 0 Å². The molecule has 0 spiro atoms. The number of hydrogen-bond donors (Lipinski definition) is 2. The van der Waals surface area contributed by atoms with Gasteiger partial charge < -0.3 is 5.11 Å². The quantitative estimate of drug-likeness (QED) is 0.779. The van der Waals surface area contributed by atoms with Crippen molar-refractivity contribution >= 4 is 22.0 Å². The van der Waals surface area contributed by atoms with E-state index in [1.54, 1.807) is 0 Å². The highest BCUT2D eigenvalue weighted by Gasteiger charge is 2.14. The van der Waals surface area contributed by atoms with Crippen LogP contribution in [0.5, 0.6) is 5.88 Å². The summed E-state index contributed by atoms with van der Waals surface area (Å²) in [5, 5.41) is 13.3. The first-order chi connectivity index (χ1) is 7.58. The van der Waals surface area contributed by atoms with Crippen molar-refractivity contribution in [3.63, 3.8) is 0 Å². The lowest BCUT2D eigenvalue weighted by Gasteiger charge is -1.99. The molecule has 2 N–H and O–H groups in total. The molecule has 1 aliphatic heterocycles. The Morgan fingerprint density at radius 2 is 2.12 bits per heavy atom. The third-order valence-corrected chi connectivity index (χ3v) is 2.22. The van der Waals surface area contributed by atoms with Crippen molar-refractivity contribution in [2.24, 2.45) is 5.10 Å². The van der Waals surface area contributed by atoms with E-state index in [9.17, 15) is 13.9 Å². The molecule has 16 heavy (non-hydrogen) atoms. The van der Waals surface area contributed by atoms with Gasteiger partial charge in [-0.3, -0.25) is 5.43 Å². The largest absolute Gasteiger partial charge is 0.492 e. The molecule has 0 aliphatic carbocycles. The fourth-order valence-electron chi connectivity index (χ4n) is 1.11. The summed E-state index contributed by atoms with van der Waals surface area (Å²) in [5.74, 6) is -1.32. The number of aromatic hydroxyl groups is 1. The monoisotopic (exact) mass is 290 g/mol.